The Balaban J connectivity index is 3.36. The first-order valence-corrected chi connectivity index (χ1v) is 4.04. The van der Waals surface area contributed by atoms with E-state index in [-0.39, 0.29) is 0 Å². The summed E-state index contributed by atoms with van der Waals surface area (Å²) in [6.45, 7) is 0. The molecule has 9 heteroatoms. The van der Waals surface area contributed by atoms with E-state index in [1.807, 2.05) is 0 Å². The summed E-state index contributed by atoms with van der Waals surface area (Å²) in [5.41, 5.74) is -1.69. The lowest BCUT2D eigenvalue weighted by molar-refractivity contribution is -0.394. The van der Waals surface area contributed by atoms with Gasteiger partial charge >= 0.3 is 5.97 Å². The normalized spacial score (nSPS) is 9.56. The molecule has 1 aromatic carbocycles. The van der Waals surface area contributed by atoms with Crippen molar-refractivity contribution in [1.29, 1.82) is 0 Å². The summed E-state index contributed by atoms with van der Waals surface area (Å²) in [6, 6.07) is 2.50. The molecule has 0 aliphatic carbocycles. The molecule has 0 saturated carbocycles. The van der Waals surface area contributed by atoms with Gasteiger partial charge in [0.25, 0.3) is 11.4 Å². The second-order valence-corrected chi connectivity index (χ2v) is 2.73. The first-order chi connectivity index (χ1) is 7.47. The molecule has 0 atom stereocenters. The van der Waals surface area contributed by atoms with Crippen LogP contribution in [0.2, 0.25) is 0 Å². The van der Waals surface area contributed by atoms with Crippen molar-refractivity contribution < 1.29 is 18.9 Å². The van der Waals surface area contributed by atoms with Crippen LogP contribution in [0.15, 0.2) is 18.2 Å². The highest BCUT2D eigenvalue weighted by atomic mass is 35.5. The van der Waals surface area contributed by atoms with Gasteiger partial charge in [0, 0.05) is 6.07 Å². The van der Waals surface area contributed by atoms with Gasteiger partial charge in [-0.1, -0.05) is 0 Å². The van der Waals surface area contributed by atoms with Crippen LogP contribution in [0.3, 0.4) is 0 Å². The number of rotatable bonds is 3. The fourth-order valence-electron chi connectivity index (χ4n) is 0.999. The zero-order valence-electron chi connectivity index (χ0n) is 7.45. The first-order valence-electron chi connectivity index (χ1n) is 3.73. The van der Waals surface area contributed by atoms with Gasteiger partial charge in [-0.15, -0.1) is 0 Å². The molecule has 0 saturated heterocycles. The molecule has 16 heavy (non-hydrogen) atoms. The summed E-state index contributed by atoms with van der Waals surface area (Å²) in [6.07, 6.45) is 0. The van der Waals surface area contributed by atoms with Crippen LogP contribution in [-0.4, -0.2) is 15.8 Å². The molecule has 8 nitrogen and oxygen atoms in total. The maximum Gasteiger partial charge on any atom is 0.363 e. The lowest BCUT2D eigenvalue weighted by atomic mass is 10.1. The Hall–Kier alpha value is -2.22. The van der Waals surface area contributed by atoms with Crippen molar-refractivity contribution in [3.63, 3.8) is 0 Å². The number of hydrogen-bond acceptors (Lipinski definition) is 6. The third-order valence-electron chi connectivity index (χ3n) is 1.68. The van der Waals surface area contributed by atoms with Crippen molar-refractivity contribution >= 4 is 29.2 Å². The summed E-state index contributed by atoms with van der Waals surface area (Å²) in [4.78, 5) is 30.2. The third-order valence-corrected chi connectivity index (χ3v) is 1.82. The van der Waals surface area contributed by atoms with E-state index in [2.05, 4.69) is 4.29 Å². The van der Waals surface area contributed by atoms with Gasteiger partial charge in [0.05, 0.1) is 15.9 Å². The highest BCUT2D eigenvalue weighted by Gasteiger charge is 2.24. The Morgan fingerprint density at radius 2 is 1.88 bits per heavy atom. The van der Waals surface area contributed by atoms with E-state index in [4.69, 9.17) is 11.9 Å². The predicted molar refractivity (Wildman–Crippen MR) is 51.0 cm³/mol. The van der Waals surface area contributed by atoms with Gasteiger partial charge in [-0.2, -0.15) is 0 Å². The van der Waals surface area contributed by atoms with Crippen LogP contribution in [0.4, 0.5) is 11.4 Å². The third kappa shape index (κ3) is 2.23. The summed E-state index contributed by atoms with van der Waals surface area (Å²) in [5.74, 6) is -1.15. The van der Waals surface area contributed by atoms with Crippen LogP contribution >= 0.6 is 11.9 Å². The molecular formula is C7H3ClN2O6. The van der Waals surface area contributed by atoms with E-state index in [0.29, 0.717) is 6.07 Å². The van der Waals surface area contributed by atoms with E-state index < -0.39 is 32.8 Å². The average Bonchev–Trinajstić information content (AvgIpc) is 2.26. The summed E-state index contributed by atoms with van der Waals surface area (Å²) in [7, 11) is 0. The minimum absolute atomic E-state index is 0.453. The minimum atomic E-state index is -1.15. The average molecular weight is 247 g/mol. The Bertz CT molecular complexity index is 474. The molecule has 0 heterocycles. The quantitative estimate of drug-likeness (QED) is 0.594. The molecule has 1 aromatic rings. The van der Waals surface area contributed by atoms with Crippen molar-refractivity contribution in [3.05, 3.63) is 44.0 Å². The van der Waals surface area contributed by atoms with Crippen LogP contribution in [-0.2, 0) is 4.29 Å². The summed E-state index contributed by atoms with van der Waals surface area (Å²) >= 11 is 4.76. The van der Waals surface area contributed by atoms with E-state index >= 15 is 0 Å². The topological polar surface area (TPSA) is 113 Å². The molecule has 0 aromatic heterocycles. The smallest absolute Gasteiger partial charge is 0.343 e. The van der Waals surface area contributed by atoms with E-state index in [1.165, 1.54) is 0 Å². The van der Waals surface area contributed by atoms with Crippen LogP contribution < -0.4 is 0 Å². The van der Waals surface area contributed by atoms with Gasteiger partial charge in [-0.25, -0.2) is 4.79 Å². The molecule has 1 rings (SSSR count). The van der Waals surface area contributed by atoms with Crippen LogP contribution in [0, 0.1) is 20.2 Å². The van der Waals surface area contributed by atoms with Gasteiger partial charge in [0.1, 0.15) is 17.4 Å². The molecular weight excluding hydrogens is 244 g/mol. The molecule has 0 radical (unpaired) electrons. The molecule has 0 unspecified atom stereocenters. The largest absolute Gasteiger partial charge is 0.363 e. The van der Waals surface area contributed by atoms with E-state index in [9.17, 15) is 25.0 Å². The predicted octanol–water partition coefficient (Wildman–Crippen LogP) is 1.81. The SMILES string of the molecule is O=C(OCl)c1ccc([N+](=O)[O-])cc1[N+](=O)[O-]. The molecule has 0 fully saturated rings. The van der Waals surface area contributed by atoms with E-state index in [0.717, 1.165) is 12.1 Å². The lowest BCUT2D eigenvalue weighted by Crippen LogP contribution is -2.04. The Labute approximate surface area is 92.9 Å². The van der Waals surface area contributed by atoms with Crippen molar-refractivity contribution in [3.8, 4) is 0 Å². The summed E-state index contributed by atoms with van der Waals surface area (Å²) < 4.78 is 3.79. The molecule has 0 amide bonds. The maximum absolute atomic E-state index is 11.0. The van der Waals surface area contributed by atoms with Crippen molar-refractivity contribution in [2.45, 2.75) is 0 Å². The highest BCUT2D eigenvalue weighted by Crippen LogP contribution is 2.25. The lowest BCUT2D eigenvalue weighted by Gasteiger charge is -1.98. The zero-order valence-corrected chi connectivity index (χ0v) is 8.21. The van der Waals surface area contributed by atoms with Gasteiger partial charge in [-0.3, -0.25) is 20.2 Å². The molecule has 84 valence electrons. The standard InChI is InChI=1S/C7H3ClN2O6/c8-16-7(11)5-2-1-4(9(12)13)3-6(5)10(14)15/h1-3H. The van der Waals surface area contributed by atoms with E-state index in [1.54, 1.807) is 0 Å². The number of carbonyl (C=O) groups is 1. The van der Waals surface area contributed by atoms with Crippen LogP contribution in [0.1, 0.15) is 10.4 Å². The number of carbonyl (C=O) groups excluding carboxylic acids is 1. The van der Waals surface area contributed by atoms with Gasteiger partial charge in [-0.05, 0) is 6.07 Å². The second-order valence-electron chi connectivity index (χ2n) is 2.58. The maximum atomic E-state index is 11.0. The zero-order chi connectivity index (χ0) is 12.3. The van der Waals surface area contributed by atoms with Crippen molar-refractivity contribution in [2.24, 2.45) is 0 Å². The fourth-order valence-corrected chi connectivity index (χ4v) is 1.08. The van der Waals surface area contributed by atoms with Gasteiger partial charge < -0.3 is 4.29 Å². The van der Waals surface area contributed by atoms with Gasteiger partial charge in [0.2, 0.25) is 0 Å². The monoisotopic (exact) mass is 246 g/mol. The highest BCUT2D eigenvalue weighted by molar-refractivity contribution is 6.16. The minimum Gasteiger partial charge on any atom is -0.343 e. The molecule has 0 N–H and O–H groups in total. The van der Waals surface area contributed by atoms with Crippen LogP contribution in [0.5, 0.6) is 0 Å². The summed E-state index contributed by atoms with van der Waals surface area (Å²) in [5, 5.41) is 20.9. The number of nitro benzene ring substituents is 2. The van der Waals surface area contributed by atoms with Crippen LogP contribution in [0.25, 0.3) is 0 Å². The number of halogens is 1. The number of hydrogen-bond donors (Lipinski definition) is 0. The Morgan fingerprint density at radius 1 is 1.25 bits per heavy atom. The number of nitrogens with zero attached hydrogens (tertiary/aromatic N) is 2. The van der Waals surface area contributed by atoms with Gasteiger partial charge in [0.15, 0.2) is 0 Å². The second kappa shape index (κ2) is 4.53. The number of benzene rings is 1. The Kier molecular flexibility index (Phi) is 3.36. The molecule has 0 aliphatic heterocycles. The van der Waals surface area contributed by atoms with Crippen molar-refractivity contribution in [2.75, 3.05) is 0 Å². The number of non-ortho nitro benzene ring substituents is 1. The molecule has 0 aliphatic rings. The van der Waals surface area contributed by atoms with Crippen molar-refractivity contribution in [1.82, 2.24) is 0 Å². The Morgan fingerprint density at radius 3 is 2.31 bits per heavy atom. The fraction of sp³-hybridized carbons (Fsp3) is 0. The first kappa shape index (κ1) is 11.9. The molecule has 0 bridgehead atoms. The molecule has 0 spiro atoms. The number of nitro groups is 2.